The number of nitrogens with zero attached hydrogens (tertiary/aromatic N) is 1. The Morgan fingerprint density at radius 2 is 2.24 bits per heavy atom. The van der Waals surface area contributed by atoms with Crippen molar-refractivity contribution in [2.24, 2.45) is 0 Å². The minimum atomic E-state index is -0.827. The van der Waals surface area contributed by atoms with Crippen LogP contribution in [0.15, 0.2) is 22.7 Å². The number of hydrogen-bond donors (Lipinski definition) is 1. The minimum absolute atomic E-state index is 0.0169. The van der Waals surface area contributed by atoms with Crippen molar-refractivity contribution >= 4 is 33.5 Å². The molecule has 17 heavy (non-hydrogen) atoms. The number of hydrogen-bond acceptors (Lipinski definition) is 2. The highest BCUT2D eigenvalue weighted by Gasteiger charge is 2.18. The summed E-state index contributed by atoms with van der Waals surface area (Å²) in [6.07, 6.45) is 0. The lowest BCUT2D eigenvalue weighted by atomic mass is 10.1. The number of likely N-dealkylation sites (N-methyl/N-ethyl adjacent to an activating group) is 1. The predicted octanol–water partition coefficient (Wildman–Crippen LogP) is 3.57. The van der Waals surface area contributed by atoms with Gasteiger partial charge in [-0.3, -0.25) is 9.69 Å². The molecule has 1 unspecified atom stereocenters. The Kier molecular flexibility index (Phi) is 5.43. The topological polar surface area (TPSA) is 40.5 Å². The van der Waals surface area contributed by atoms with Crippen LogP contribution in [0.25, 0.3) is 0 Å². The summed E-state index contributed by atoms with van der Waals surface area (Å²) in [5.41, 5.74) is 0.943. The number of rotatable bonds is 5. The van der Waals surface area contributed by atoms with Crippen LogP contribution < -0.4 is 0 Å². The predicted molar refractivity (Wildman–Crippen MR) is 72.4 cm³/mol. The van der Waals surface area contributed by atoms with E-state index < -0.39 is 5.97 Å². The largest absolute Gasteiger partial charge is 0.480 e. The fourth-order valence-corrected chi connectivity index (χ4v) is 2.56. The number of benzene rings is 1. The smallest absolute Gasteiger partial charge is 0.317 e. The zero-order chi connectivity index (χ0) is 13.0. The maximum atomic E-state index is 10.8. The van der Waals surface area contributed by atoms with Gasteiger partial charge in [-0.1, -0.05) is 40.5 Å². The van der Waals surface area contributed by atoms with Gasteiger partial charge in [0.05, 0.1) is 6.54 Å². The Bertz CT molecular complexity index is 411. The molecule has 0 spiro atoms. The lowest BCUT2D eigenvalue weighted by Gasteiger charge is -2.27. The second-order valence-electron chi connectivity index (χ2n) is 3.80. The summed E-state index contributed by atoms with van der Waals surface area (Å²) < 4.78 is 0.916. The summed E-state index contributed by atoms with van der Waals surface area (Å²) in [6, 6.07) is 5.63. The van der Waals surface area contributed by atoms with Crippen LogP contribution in [0.5, 0.6) is 0 Å². The van der Waals surface area contributed by atoms with E-state index in [9.17, 15) is 4.79 Å². The average Bonchev–Trinajstić information content (AvgIpc) is 2.24. The third-order valence-electron chi connectivity index (χ3n) is 2.70. The van der Waals surface area contributed by atoms with Gasteiger partial charge in [0.1, 0.15) is 0 Å². The highest BCUT2D eigenvalue weighted by molar-refractivity contribution is 9.10. The molecule has 1 aromatic carbocycles. The molecule has 1 rings (SSSR count). The van der Waals surface area contributed by atoms with E-state index in [1.54, 1.807) is 0 Å². The van der Waals surface area contributed by atoms with E-state index in [0.29, 0.717) is 11.6 Å². The van der Waals surface area contributed by atoms with E-state index >= 15 is 0 Å². The zero-order valence-electron chi connectivity index (χ0n) is 9.78. The second-order valence-corrected chi connectivity index (χ2v) is 5.12. The average molecular weight is 321 g/mol. The summed E-state index contributed by atoms with van der Waals surface area (Å²) in [5.74, 6) is -0.827. The quantitative estimate of drug-likeness (QED) is 0.901. The second kappa shape index (κ2) is 6.38. The first kappa shape index (κ1) is 14.5. The van der Waals surface area contributed by atoms with E-state index in [0.717, 1.165) is 10.0 Å². The lowest BCUT2D eigenvalue weighted by molar-refractivity contribution is -0.138. The molecule has 0 aromatic heterocycles. The van der Waals surface area contributed by atoms with Crippen LogP contribution in [0, 0.1) is 0 Å². The standard InChI is InChI=1S/C12H15BrClNO2/c1-3-15(7-12(16)17)8(2)10-5-4-9(13)6-11(10)14/h4-6,8H,3,7H2,1-2H3,(H,16,17). The van der Waals surface area contributed by atoms with Crippen LogP contribution >= 0.6 is 27.5 Å². The first-order valence-corrected chi connectivity index (χ1v) is 6.53. The summed E-state index contributed by atoms with van der Waals surface area (Å²) in [6.45, 7) is 4.58. The molecule has 0 aliphatic rings. The van der Waals surface area contributed by atoms with E-state index in [4.69, 9.17) is 16.7 Å². The molecule has 0 saturated heterocycles. The third-order valence-corrected chi connectivity index (χ3v) is 3.53. The highest BCUT2D eigenvalue weighted by Crippen LogP contribution is 2.29. The first-order chi connectivity index (χ1) is 7.95. The van der Waals surface area contributed by atoms with Gasteiger partial charge in [0.2, 0.25) is 0 Å². The monoisotopic (exact) mass is 319 g/mol. The van der Waals surface area contributed by atoms with Gasteiger partial charge in [-0.15, -0.1) is 0 Å². The molecule has 0 aliphatic heterocycles. The van der Waals surface area contributed by atoms with Crippen LogP contribution in [0.4, 0.5) is 0 Å². The molecule has 5 heteroatoms. The van der Waals surface area contributed by atoms with E-state index in [2.05, 4.69) is 15.9 Å². The van der Waals surface area contributed by atoms with Crippen molar-refractivity contribution in [3.63, 3.8) is 0 Å². The SMILES string of the molecule is CCN(CC(=O)O)C(C)c1ccc(Br)cc1Cl. The molecule has 0 aliphatic carbocycles. The Labute approximate surface area is 115 Å². The summed E-state index contributed by atoms with van der Waals surface area (Å²) in [4.78, 5) is 12.6. The molecule has 0 bridgehead atoms. The maximum Gasteiger partial charge on any atom is 0.317 e. The van der Waals surface area contributed by atoms with Gasteiger partial charge >= 0.3 is 5.97 Å². The fraction of sp³-hybridized carbons (Fsp3) is 0.417. The van der Waals surface area contributed by atoms with Crippen LogP contribution in [0.1, 0.15) is 25.5 Å². The normalized spacial score (nSPS) is 12.8. The maximum absolute atomic E-state index is 10.8. The molecule has 1 atom stereocenters. The number of carbonyl (C=O) groups is 1. The molecular formula is C12H15BrClNO2. The van der Waals surface area contributed by atoms with Gasteiger partial charge in [-0.05, 0) is 31.2 Å². The van der Waals surface area contributed by atoms with Crippen molar-refractivity contribution < 1.29 is 9.90 Å². The molecule has 94 valence electrons. The van der Waals surface area contributed by atoms with E-state index in [1.807, 2.05) is 36.9 Å². The summed E-state index contributed by atoms with van der Waals surface area (Å²) in [7, 11) is 0. The van der Waals surface area contributed by atoms with Gasteiger partial charge in [0.15, 0.2) is 0 Å². The first-order valence-electron chi connectivity index (χ1n) is 5.36. The van der Waals surface area contributed by atoms with Crippen LogP contribution in [-0.2, 0) is 4.79 Å². The van der Waals surface area contributed by atoms with Gasteiger partial charge in [0.25, 0.3) is 0 Å². The Morgan fingerprint density at radius 1 is 1.59 bits per heavy atom. The molecule has 0 radical (unpaired) electrons. The highest BCUT2D eigenvalue weighted by atomic mass is 79.9. The third kappa shape index (κ3) is 3.98. The van der Waals surface area contributed by atoms with Crippen molar-refractivity contribution in [2.45, 2.75) is 19.9 Å². The number of halogens is 2. The number of carboxylic acid groups (broad SMARTS) is 1. The zero-order valence-corrected chi connectivity index (χ0v) is 12.1. The van der Waals surface area contributed by atoms with Crippen LogP contribution in [0.3, 0.4) is 0 Å². The molecule has 3 nitrogen and oxygen atoms in total. The Hall–Kier alpha value is -0.580. The number of aliphatic carboxylic acids is 1. The fourth-order valence-electron chi connectivity index (χ4n) is 1.73. The van der Waals surface area contributed by atoms with E-state index in [1.165, 1.54) is 0 Å². The minimum Gasteiger partial charge on any atom is -0.480 e. The molecule has 0 saturated carbocycles. The molecule has 0 heterocycles. The Balaban J connectivity index is 2.93. The van der Waals surface area contributed by atoms with Crippen molar-refractivity contribution in [2.75, 3.05) is 13.1 Å². The summed E-state index contributed by atoms with van der Waals surface area (Å²) >= 11 is 9.51. The number of carboxylic acids is 1. The van der Waals surface area contributed by atoms with E-state index in [-0.39, 0.29) is 12.6 Å². The van der Waals surface area contributed by atoms with Crippen molar-refractivity contribution in [3.8, 4) is 0 Å². The molecular weight excluding hydrogens is 305 g/mol. The lowest BCUT2D eigenvalue weighted by Crippen LogP contribution is -2.32. The van der Waals surface area contributed by atoms with Crippen molar-refractivity contribution in [1.29, 1.82) is 0 Å². The molecule has 1 N–H and O–H groups in total. The molecule has 0 fully saturated rings. The van der Waals surface area contributed by atoms with Gasteiger partial charge in [-0.25, -0.2) is 0 Å². The van der Waals surface area contributed by atoms with Gasteiger partial charge in [-0.2, -0.15) is 0 Å². The molecule has 0 amide bonds. The van der Waals surface area contributed by atoms with Crippen molar-refractivity contribution in [3.05, 3.63) is 33.3 Å². The Morgan fingerprint density at radius 3 is 2.71 bits per heavy atom. The van der Waals surface area contributed by atoms with Gasteiger partial charge in [0, 0.05) is 15.5 Å². The van der Waals surface area contributed by atoms with Gasteiger partial charge < -0.3 is 5.11 Å². The molecule has 1 aromatic rings. The van der Waals surface area contributed by atoms with Crippen LogP contribution in [0.2, 0.25) is 5.02 Å². The van der Waals surface area contributed by atoms with Crippen molar-refractivity contribution in [1.82, 2.24) is 4.90 Å². The summed E-state index contributed by atoms with van der Waals surface area (Å²) in [5, 5.41) is 9.49. The van der Waals surface area contributed by atoms with Crippen LogP contribution in [-0.4, -0.2) is 29.1 Å².